The number of carbonyl (C=O) groups is 1. The summed E-state index contributed by atoms with van der Waals surface area (Å²) in [5.74, 6) is 4.97. The zero-order valence-corrected chi connectivity index (χ0v) is 9.92. The molecule has 19 heavy (non-hydrogen) atoms. The van der Waals surface area contributed by atoms with Crippen molar-refractivity contribution in [3.8, 4) is 0 Å². The second-order valence-corrected chi connectivity index (χ2v) is 3.70. The predicted octanol–water partition coefficient (Wildman–Crippen LogP) is 0.187. The van der Waals surface area contributed by atoms with E-state index in [1.807, 2.05) is 12.1 Å². The molecule has 0 atom stereocenters. The number of hydrogen-bond acceptors (Lipinski definition) is 7. The third-order valence-electron chi connectivity index (χ3n) is 2.33. The molecule has 1 aromatic heterocycles. The van der Waals surface area contributed by atoms with Gasteiger partial charge in [0.15, 0.2) is 17.3 Å². The summed E-state index contributed by atoms with van der Waals surface area (Å²) in [5, 5.41) is 2.98. The fraction of sp³-hybridized carbons (Fsp3) is 0. The monoisotopic (exact) mass is 259 g/mol. The van der Waals surface area contributed by atoms with Gasteiger partial charge in [0, 0.05) is 5.69 Å². The van der Waals surface area contributed by atoms with Gasteiger partial charge in [0.1, 0.15) is 0 Å². The lowest BCUT2D eigenvalue weighted by Crippen LogP contribution is -2.17. The molecule has 8 heteroatoms. The van der Waals surface area contributed by atoms with Crippen LogP contribution in [0, 0.1) is 0 Å². The highest BCUT2D eigenvalue weighted by atomic mass is 16.1. The van der Waals surface area contributed by atoms with Crippen LogP contribution in [-0.2, 0) is 0 Å². The average molecular weight is 259 g/mol. The molecule has 0 spiro atoms. The van der Waals surface area contributed by atoms with Crippen molar-refractivity contribution in [1.82, 2.24) is 9.97 Å². The number of hydrogen-bond donors (Lipinski definition) is 5. The van der Waals surface area contributed by atoms with Crippen molar-refractivity contribution in [3.05, 3.63) is 36.2 Å². The summed E-state index contributed by atoms with van der Waals surface area (Å²) in [6.07, 6.45) is 1.37. The highest BCUT2D eigenvalue weighted by molar-refractivity contribution is 5.95. The van der Waals surface area contributed by atoms with Crippen LogP contribution in [0.15, 0.2) is 30.5 Å². The standard InChI is InChI=1S/C11H13N7O/c12-10-9(11(13)19)15-5-8(17-10)16-6-2-1-3-7(4-6)18-14/h1-5,18H,14H2,(H2,13,19)(H3,12,16,17). The Morgan fingerprint density at radius 2 is 2.00 bits per heavy atom. The molecule has 0 aliphatic heterocycles. The van der Waals surface area contributed by atoms with E-state index in [0.29, 0.717) is 5.82 Å². The number of nitrogens with two attached hydrogens (primary N) is 3. The summed E-state index contributed by atoms with van der Waals surface area (Å²) >= 11 is 0. The number of aromatic nitrogens is 2. The highest BCUT2D eigenvalue weighted by Crippen LogP contribution is 2.19. The summed E-state index contributed by atoms with van der Waals surface area (Å²) in [7, 11) is 0. The molecule has 0 unspecified atom stereocenters. The zero-order valence-electron chi connectivity index (χ0n) is 9.92. The molecule has 0 aliphatic rings. The van der Waals surface area contributed by atoms with Gasteiger partial charge in [-0.05, 0) is 18.2 Å². The molecule has 2 rings (SSSR count). The van der Waals surface area contributed by atoms with Crippen molar-refractivity contribution < 1.29 is 4.79 Å². The van der Waals surface area contributed by atoms with Gasteiger partial charge < -0.3 is 22.2 Å². The topological polar surface area (TPSA) is 145 Å². The first kappa shape index (κ1) is 12.6. The van der Waals surface area contributed by atoms with Gasteiger partial charge >= 0.3 is 0 Å². The second kappa shape index (κ2) is 5.19. The summed E-state index contributed by atoms with van der Waals surface area (Å²) in [4.78, 5) is 18.8. The summed E-state index contributed by atoms with van der Waals surface area (Å²) in [5.41, 5.74) is 14.6. The van der Waals surface area contributed by atoms with Crippen LogP contribution in [0.2, 0.25) is 0 Å². The van der Waals surface area contributed by atoms with E-state index in [9.17, 15) is 4.79 Å². The molecule has 0 saturated heterocycles. The lowest BCUT2D eigenvalue weighted by Gasteiger charge is -2.08. The number of anilines is 4. The Morgan fingerprint density at radius 3 is 2.63 bits per heavy atom. The van der Waals surface area contributed by atoms with Gasteiger partial charge in [-0.15, -0.1) is 0 Å². The van der Waals surface area contributed by atoms with Crippen LogP contribution in [0.5, 0.6) is 0 Å². The van der Waals surface area contributed by atoms with Crippen LogP contribution < -0.4 is 28.1 Å². The van der Waals surface area contributed by atoms with E-state index in [0.717, 1.165) is 11.4 Å². The minimum absolute atomic E-state index is 0.0226. The van der Waals surface area contributed by atoms with Gasteiger partial charge in [-0.3, -0.25) is 10.6 Å². The predicted molar refractivity (Wildman–Crippen MR) is 72.5 cm³/mol. The number of nitrogen functional groups attached to an aromatic ring is 2. The summed E-state index contributed by atoms with van der Waals surface area (Å²) < 4.78 is 0. The Morgan fingerprint density at radius 1 is 1.26 bits per heavy atom. The van der Waals surface area contributed by atoms with Crippen LogP contribution in [0.4, 0.5) is 23.0 Å². The lowest BCUT2D eigenvalue weighted by atomic mass is 10.3. The minimum Gasteiger partial charge on any atom is -0.382 e. The number of nitrogens with one attached hydrogen (secondary N) is 2. The lowest BCUT2D eigenvalue weighted by molar-refractivity contribution is 0.0996. The fourth-order valence-electron chi connectivity index (χ4n) is 1.49. The largest absolute Gasteiger partial charge is 0.382 e. The van der Waals surface area contributed by atoms with E-state index in [2.05, 4.69) is 20.7 Å². The quantitative estimate of drug-likeness (QED) is 0.389. The Hall–Kier alpha value is -2.87. The maximum absolute atomic E-state index is 11.0. The number of carbonyl (C=O) groups excluding carboxylic acids is 1. The van der Waals surface area contributed by atoms with Crippen LogP contribution in [0.1, 0.15) is 10.5 Å². The number of primary amides is 1. The molecule has 8 nitrogen and oxygen atoms in total. The van der Waals surface area contributed by atoms with Crippen molar-refractivity contribution in [2.45, 2.75) is 0 Å². The Balaban J connectivity index is 2.23. The number of rotatable bonds is 4. The Kier molecular flexibility index (Phi) is 3.44. The van der Waals surface area contributed by atoms with Crippen LogP contribution >= 0.6 is 0 Å². The molecule has 2 aromatic rings. The van der Waals surface area contributed by atoms with E-state index >= 15 is 0 Å². The van der Waals surface area contributed by atoms with Crippen molar-refractivity contribution in [1.29, 1.82) is 0 Å². The third-order valence-corrected chi connectivity index (χ3v) is 2.33. The molecule has 1 aromatic carbocycles. The molecule has 0 aliphatic carbocycles. The van der Waals surface area contributed by atoms with Gasteiger partial charge in [-0.25, -0.2) is 9.97 Å². The Bertz CT molecular complexity index is 614. The first-order chi connectivity index (χ1) is 9.10. The Labute approximate surface area is 109 Å². The molecule has 1 heterocycles. The van der Waals surface area contributed by atoms with Crippen LogP contribution in [0.25, 0.3) is 0 Å². The van der Waals surface area contributed by atoms with E-state index in [-0.39, 0.29) is 11.5 Å². The average Bonchev–Trinajstić information content (AvgIpc) is 2.38. The maximum Gasteiger partial charge on any atom is 0.271 e. The van der Waals surface area contributed by atoms with Crippen molar-refractivity contribution in [2.75, 3.05) is 16.5 Å². The fourth-order valence-corrected chi connectivity index (χ4v) is 1.49. The van der Waals surface area contributed by atoms with Gasteiger partial charge in [-0.2, -0.15) is 0 Å². The van der Waals surface area contributed by atoms with E-state index in [1.165, 1.54) is 6.20 Å². The smallest absolute Gasteiger partial charge is 0.271 e. The number of hydrazine groups is 1. The van der Waals surface area contributed by atoms with E-state index in [1.54, 1.807) is 12.1 Å². The van der Waals surface area contributed by atoms with Gasteiger partial charge in [-0.1, -0.05) is 6.07 Å². The SMILES string of the molecule is NNc1cccc(Nc2cnc(C(N)=O)c(N)n2)c1. The maximum atomic E-state index is 11.0. The third kappa shape index (κ3) is 2.87. The van der Waals surface area contributed by atoms with Crippen LogP contribution in [-0.4, -0.2) is 15.9 Å². The number of nitrogens with zero attached hydrogens (tertiary/aromatic N) is 2. The van der Waals surface area contributed by atoms with E-state index < -0.39 is 5.91 Å². The molecule has 0 radical (unpaired) electrons. The van der Waals surface area contributed by atoms with Crippen molar-refractivity contribution in [3.63, 3.8) is 0 Å². The number of benzene rings is 1. The van der Waals surface area contributed by atoms with Gasteiger partial charge in [0.2, 0.25) is 0 Å². The van der Waals surface area contributed by atoms with Gasteiger partial charge in [0.25, 0.3) is 5.91 Å². The molecule has 0 bridgehead atoms. The van der Waals surface area contributed by atoms with Crippen LogP contribution in [0.3, 0.4) is 0 Å². The van der Waals surface area contributed by atoms with E-state index in [4.69, 9.17) is 17.3 Å². The second-order valence-electron chi connectivity index (χ2n) is 3.70. The first-order valence-electron chi connectivity index (χ1n) is 5.36. The minimum atomic E-state index is -0.717. The van der Waals surface area contributed by atoms with Crippen molar-refractivity contribution in [2.24, 2.45) is 11.6 Å². The molecule has 0 saturated carbocycles. The molecular weight excluding hydrogens is 246 g/mol. The van der Waals surface area contributed by atoms with Gasteiger partial charge in [0.05, 0.1) is 11.9 Å². The molecule has 0 fully saturated rings. The zero-order chi connectivity index (χ0) is 13.8. The molecular formula is C11H13N7O. The first-order valence-corrected chi connectivity index (χ1v) is 5.36. The molecule has 1 amide bonds. The molecule has 98 valence electrons. The summed E-state index contributed by atoms with van der Waals surface area (Å²) in [6.45, 7) is 0. The normalized spacial score (nSPS) is 9.95. The number of amides is 1. The van der Waals surface area contributed by atoms with Crippen molar-refractivity contribution >= 4 is 28.9 Å². The highest BCUT2D eigenvalue weighted by Gasteiger charge is 2.09. The molecule has 8 N–H and O–H groups in total. The summed E-state index contributed by atoms with van der Waals surface area (Å²) in [6, 6.07) is 7.22.